The monoisotopic (exact) mass is 219 g/mol. The molecular weight excluding hydrogens is 198 g/mol. The summed E-state index contributed by atoms with van der Waals surface area (Å²) in [7, 11) is 0. The molecule has 0 aromatic carbocycles. The molecule has 0 amide bonds. The van der Waals surface area contributed by atoms with Crippen molar-refractivity contribution in [1.29, 1.82) is 0 Å². The van der Waals surface area contributed by atoms with Crippen LogP contribution in [-0.2, 0) is 6.54 Å². The first-order chi connectivity index (χ1) is 7.90. The zero-order valence-electron chi connectivity index (χ0n) is 9.73. The molecule has 1 saturated carbocycles. The van der Waals surface area contributed by atoms with Gasteiger partial charge in [0.1, 0.15) is 0 Å². The molecule has 0 radical (unpaired) electrons. The first kappa shape index (κ1) is 11.6. The van der Waals surface area contributed by atoms with Gasteiger partial charge in [-0.05, 0) is 36.9 Å². The van der Waals surface area contributed by atoms with Crippen LogP contribution in [0.5, 0.6) is 0 Å². The second-order valence-electron chi connectivity index (χ2n) is 4.63. The van der Waals surface area contributed by atoms with Crippen molar-refractivity contribution in [2.75, 3.05) is 6.54 Å². The second-order valence-corrected chi connectivity index (χ2v) is 4.63. The standard InChI is InChI=1S/C13H21N3/c14-8-12-5-1-2-6-13(12)16-10-11-4-3-7-15-9-11/h3-4,7,9,12-13,16H,1-2,5-6,8,10,14H2. The third-order valence-corrected chi connectivity index (χ3v) is 3.50. The third kappa shape index (κ3) is 3.03. The highest BCUT2D eigenvalue weighted by atomic mass is 14.9. The zero-order valence-corrected chi connectivity index (χ0v) is 9.73. The highest BCUT2D eigenvalue weighted by Gasteiger charge is 2.22. The second kappa shape index (κ2) is 5.97. The largest absolute Gasteiger partial charge is 0.330 e. The predicted molar refractivity (Wildman–Crippen MR) is 65.9 cm³/mol. The van der Waals surface area contributed by atoms with E-state index in [1.807, 2.05) is 18.5 Å². The lowest BCUT2D eigenvalue weighted by atomic mass is 9.84. The van der Waals surface area contributed by atoms with Crippen LogP contribution in [0.4, 0.5) is 0 Å². The normalized spacial score (nSPS) is 25.6. The lowest BCUT2D eigenvalue weighted by Crippen LogP contribution is -2.41. The van der Waals surface area contributed by atoms with Crippen molar-refractivity contribution in [3.8, 4) is 0 Å². The molecule has 88 valence electrons. The summed E-state index contributed by atoms with van der Waals surface area (Å²) in [5.41, 5.74) is 7.06. The first-order valence-corrected chi connectivity index (χ1v) is 6.22. The SMILES string of the molecule is NCC1CCCCC1NCc1cccnc1. The third-order valence-electron chi connectivity index (χ3n) is 3.50. The van der Waals surface area contributed by atoms with Gasteiger partial charge in [0.05, 0.1) is 0 Å². The van der Waals surface area contributed by atoms with E-state index in [1.165, 1.54) is 31.2 Å². The average Bonchev–Trinajstić information content (AvgIpc) is 2.38. The van der Waals surface area contributed by atoms with Crippen molar-refractivity contribution in [2.24, 2.45) is 11.7 Å². The van der Waals surface area contributed by atoms with Crippen molar-refractivity contribution in [3.05, 3.63) is 30.1 Å². The number of pyridine rings is 1. The maximum Gasteiger partial charge on any atom is 0.0312 e. The summed E-state index contributed by atoms with van der Waals surface area (Å²) in [6.07, 6.45) is 8.96. The smallest absolute Gasteiger partial charge is 0.0312 e. The lowest BCUT2D eigenvalue weighted by Gasteiger charge is -2.31. The minimum atomic E-state index is 0.596. The highest BCUT2D eigenvalue weighted by molar-refractivity contribution is 5.08. The molecule has 1 aromatic heterocycles. The number of nitrogens with one attached hydrogen (secondary N) is 1. The van der Waals surface area contributed by atoms with E-state index in [-0.39, 0.29) is 0 Å². The van der Waals surface area contributed by atoms with E-state index in [9.17, 15) is 0 Å². The zero-order chi connectivity index (χ0) is 11.2. The lowest BCUT2D eigenvalue weighted by molar-refractivity contribution is 0.267. The van der Waals surface area contributed by atoms with Gasteiger partial charge in [0, 0.05) is 25.0 Å². The molecule has 2 rings (SSSR count). The van der Waals surface area contributed by atoms with Crippen LogP contribution in [0, 0.1) is 5.92 Å². The Bertz CT molecular complexity index is 299. The van der Waals surface area contributed by atoms with E-state index in [2.05, 4.69) is 16.4 Å². The Morgan fingerprint density at radius 1 is 1.38 bits per heavy atom. The molecular formula is C13H21N3. The Balaban J connectivity index is 1.84. The molecule has 1 fully saturated rings. The van der Waals surface area contributed by atoms with Crippen LogP contribution in [0.25, 0.3) is 0 Å². The van der Waals surface area contributed by atoms with Gasteiger partial charge in [-0.1, -0.05) is 18.9 Å². The number of aromatic nitrogens is 1. The van der Waals surface area contributed by atoms with Gasteiger partial charge in [-0.2, -0.15) is 0 Å². The van der Waals surface area contributed by atoms with E-state index in [1.54, 1.807) is 0 Å². The van der Waals surface area contributed by atoms with E-state index >= 15 is 0 Å². The summed E-state index contributed by atoms with van der Waals surface area (Å²) >= 11 is 0. The average molecular weight is 219 g/mol. The fraction of sp³-hybridized carbons (Fsp3) is 0.615. The van der Waals surface area contributed by atoms with E-state index in [4.69, 9.17) is 5.73 Å². The number of nitrogens with two attached hydrogens (primary N) is 1. The molecule has 1 aliphatic carbocycles. The molecule has 0 saturated heterocycles. The number of rotatable bonds is 4. The van der Waals surface area contributed by atoms with E-state index in [0.29, 0.717) is 12.0 Å². The van der Waals surface area contributed by atoms with Gasteiger partial charge in [-0.15, -0.1) is 0 Å². The minimum absolute atomic E-state index is 0.596. The maximum atomic E-state index is 5.81. The van der Waals surface area contributed by atoms with Gasteiger partial charge in [-0.3, -0.25) is 4.98 Å². The molecule has 3 nitrogen and oxygen atoms in total. The summed E-state index contributed by atoms with van der Waals surface area (Å²) in [4.78, 5) is 4.12. The molecule has 3 N–H and O–H groups in total. The van der Waals surface area contributed by atoms with Gasteiger partial charge < -0.3 is 11.1 Å². The van der Waals surface area contributed by atoms with Gasteiger partial charge in [-0.25, -0.2) is 0 Å². The summed E-state index contributed by atoms with van der Waals surface area (Å²) in [6.45, 7) is 1.72. The molecule has 0 aliphatic heterocycles. The van der Waals surface area contributed by atoms with Crippen LogP contribution < -0.4 is 11.1 Å². The Kier molecular flexibility index (Phi) is 4.31. The molecule has 1 aliphatic rings. The summed E-state index contributed by atoms with van der Waals surface area (Å²) in [5.74, 6) is 0.658. The Morgan fingerprint density at radius 2 is 2.25 bits per heavy atom. The molecule has 3 heteroatoms. The number of hydrogen-bond acceptors (Lipinski definition) is 3. The van der Waals surface area contributed by atoms with Crippen molar-refractivity contribution < 1.29 is 0 Å². The Morgan fingerprint density at radius 3 is 3.00 bits per heavy atom. The summed E-state index contributed by atoms with van der Waals surface area (Å²) in [6, 6.07) is 4.69. The Hall–Kier alpha value is -0.930. The van der Waals surface area contributed by atoms with Crippen molar-refractivity contribution in [1.82, 2.24) is 10.3 Å². The minimum Gasteiger partial charge on any atom is -0.330 e. The van der Waals surface area contributed by atoms with E-state index in [0.717, 1.165) is 13.1 Å². The van der Waals surface area contributed by atoms with Gasteiger partial charge in [0.2, 0.25) is 0 Å². The topological polar surface area (TPSA) is 50.9 Å². The van der Waals surface area contributed by atoms with Gasteiger partial charge >= 0.3 is 0 Å². The van der Waals surface area contributed by atoms with Crippen molar-refractivity contribution >= 4 is 0 Å². The first-order valence-electron chi connectivity index (χ1n) is 6.22. The molecule has 16 heavy (non-hydrogen) atoms. The van der Waals surface area contributed by atoms with E-state index < -0.39 is 0 Å². The Labute approximate surface area is 97.5 Å². The van der Waals surface area contributed by atoms with Crippen molar-refractivity contribution in [3.63, 3.8) is 0 Å². The van der Waals surface area contributed by atoms with Crippen LogP contribution in [0.15, 0.2) is 24.5 Å². The van der Waals surface area contributed by atoms with Crippen LogP contribution >= 0.6 is 0 Å². The van der Waals surface area contributed by atoms with Crippen LogP contribution in [0.2, 0.25) is 0 Å². The fourth-order valence-electron chi connectivity index (χ4n) is 2.51. The molecule has 2 unspecified atom stereocenters. The van der Waals surface area contributed by atoms with Crippen LogP contribution in [0.1, 0.15) is 31.2 Å². The van der Waals surface area contributed by atoms with Gasteiger partial charge in [0.25, 0.3) is 0 Å². The van der Waals surface area contributed by atoms with Crippen molar-refractivity contribution in [2.45, 2.75) is 38.3 Å². The quantitative estimate of drug-likeness (QED) is 0.810. The summed E-state index contributed by atoms with van der Waals surface area (Å²) in [5, 5.41) is 3.62. The highest BCUT2D eigenvalue weighted by Crippen LogP contribution is 2.23. The molecule has 2 atom stereocenters. The van der Waals surface area contributed by atoms with Crippen LogP contribution in [0.3, 0.4) is 0 Å². The molecule has 1 heterocycles. The molecule has 1 aromatic rings. The predicted octanol–water partition coefficient (Wildman–Crippen LogP) is 1.69. The summed E-state index contributed by atoms with van der Waals surface area (Å²) < 4.78 is 0. The van der Waals surface area contributed by atoms with Crippen LogP contribution in [-0.4, -0.2) is 17.6 Å². The molecule has 0 spiro atoms. The fourth-order valence-corrected chi connectivity index (χ4v) is 2.51. The maximum absolute atomic E-state index is 5.81. The molecule has 0 bridgehead atoms. The van der Waals surface area contributed by atoms with Gasteiger partial charge in [0.15, 0.2) is 0 Å². The number of nitrogens with zero attached hydrogens (tertiary/aromatic N) is 1. The number of hydrogen-bond donors (Lipinski definition) is 2.